The van der Waals surface area contributed by atoms with Gasteiger partial charge in [-0.3, -0.25) is 0 Å². The van der Waals surface area contributed by atoms with E-state index >= 15 is 0 Å². The lowest BCUT2D eigenvalue weighted by Crippen LogP contribution is -2.23. The van der Waals surface area contributed by atoms with Gasteiger partial charge in [-0.1, -0.05) is 41.0 Å². The zero-order valence-electron chi connectivity index (χ0n) is 15.2. The molecule has 3 rings (SSSR count). The number of benzene rings is 2. The molecule has 0 saturated carbocycles. The Morgan fingerprint density at radius 2 is 1.96 bits per heavy atom. The zero-order chi connectivity index (χ0) is 19.2. The third-order valence-corrected chi connectivity index (χ3v) is 4.37. The molecule has 0 atom stereocenters. The number of halogens is 1. The average Bonchev–Trinajstić information content (AvgIpc) is 2.99. The van der Waals surface area contributed by atoms with Crippen LogP contribution in [0.5, 0.6) is 0 Å². The summed E-state index contributed by atoms with van der Waals surface area (Å²) in [5, 5.41) is 12.4. The van der Waals surface area contributed by atoms with Gasteiger partial charge in [0.1, 0.15) is 6.61 Å². The first-order valence-electron chi connectivity index (χ1n) is 8.55. The molecule has 7 nitrogen and oxygen atoms in total. The summed E-state index contributed by atoms with van der Waals surface area (Å²) in [6.45, 7) is 2.43. The van der Waals surface area contributed by atoms with Crippen LogP contribution >= 0.6 is 11.6 Å². The molecule has 1 heterocycles. The molecule has 0 amide bonds. The zero-order valence-corrected chi connectivity index (χ0v) is 15.9. The second kappa shape index (κ2) is 8.64. The van der Waals surface area contributed by atoms with E-state index in [-0.39, 0.29) is 5.69 Å². The third kappa shape index (κ3) is 4.62. The van der Waals surface area contributed by atoms with Crippen molar-refractivity contribution < 1.29 is 4.84 Å². The Labute approximate surface area is 161 Å². The molecule has 0 unspecified atom stereocenters. The van der Waals surface area contributed by atoms with Gasteiger partial charge in [0.2, 0.25) is 0 Å². The van der Waals surface area contributed by atoms with Crippen molar-refractivity contribution >= 4 is 17.8 Å². The third-order valence-electron chi connectivity index (χ3n) is 4.12. The van der Waals surface area contributed by atoms with E-state index in [9.17, 15) is 4.79 Å². The SMILES string of the molecule is Cc1cccc(-n2nnn(C)c2=O)c1C=NOCCCc1ccc(Cl)cc1. The van der Waals surface area contributed by atoms with Crippen molar-refractivity contribution in [2.75, 3.05) is 6.61 Å². The maximum atomic E-state index is 12.1. The average molecular weight is 386 g/mol. The number of tetrazole rings is 1. The highest BCUT2D eigenvalue weighted by Crippen LogP contribution is 2.15. The fraction of sp³-hybridized carbons (Fsp3) is 0.263. The van der Waals surface area contributed by atoms with Crippen molar-refractivity contribution in [3.63, 3.8) is 0 Å². The minimum Gasteiger partial charge on any atom is -0.396 e. The fourth-order valence-corrected chi connectivity index (χ4v) is 2.74. The Morgan fingerprint density at radius 3 is 2.67 bits per heavy atom. The van der Waals surface area contributed by atoms with Crippen LogP contribution in [0.1, 0.15) is 23.1 Å². The molecule has 0 aliphatic carbocycles. The Bertz CT molecular complexity index is 992. The second-order valence-electron chi connectivity index (χ2n) is 6.10. The van der Waals surface area contributed by atoms with E-state index < -0.39 is 0 Å². The predicted octanol–water partition coefficient (Wildman–Crippen LogP) is 2.91. The molecule has 2 aromatic carbocycles. The topological polar surface area (TPSA) is 74.3 Å². The van der Waals surface area contributed by atoms with Gasteiger partial charge in [-0.2, -0.15) is 9.36 Å². The normalized spacial score (nSPS) is 11.2. The molecule has 0 N–H and O–H groups in total. The van der Waals surface area contributed by atoms with E-state index in [4.69, 9.17) is 16.4 Å². The molecule has 8 heteroatoms. The van der Waals surface area contributed by atoms with Gasteiger partial charge in [-0.05, 0) is 59.5 Å². The summed E-state index contributed by atoms with van der Waals surface area (Å²) in [7, 11) is 1.55. The lowest BCUT2D eigenvalue weighted by molar-refractivity contribution is 0.143. The molecular weight excluding hydrogens is 366 g/mol. The van der Waals surface area contributed by atoms with Gasteiger partial charge in [0.25, 0.3) is 0 Å². The second-order valence-corrected chi connectivity index (χ2v) is 6.54. The smallest absolute Gasteiger partial charge is 0.368 e. The first-order valence-corrected chi connectivity index (χ1v) is 8.93. The number of aromatic nitrogens is 4. The lowest BCUT2D eigenvalue weighted by atomic mass is 10.1. The van der Waals surface area contributed by atoms with Crippen LogP contribution < -0.4 is 5.69 Å². The van der Waals surface area contributed by atoms with Crippen molar-refractivity contribution in [3.8, 4) is 5.69 Å². The van der Waals surface area contributed by atoms with Crippen LogP contribution in [0.15, 0.2) is 52.4 Å². The summed E-state index contributed by atoms with van der Waals surface area (Å²) < 4.78 is 2.42. The summed E-state index contributed by atoms with van der Waals surface area (Å²) in [5.74, 6) is 0. The van der Waals surface area contributed by atoms with Crippen molar-refractivity contribution in [2.45, 2.75) is 19.8 Å². The Balaban J connectivity index is 1.62. The first kappa shape index (κ1) is 18.8. The van der Waals surface area contributed by atoms with Crippen molar-refractivity contribution in [2.24, 2.45) is 12.2 Å². The van der Waals surface area contributed by atoms with Crippen LogP contribution in [0.3, 0.4) is 0 Å². The molecule has 0 bridgehead atoms. The molecule has 0 saturated heterocycles. The Hall–Kier alpha value is -2.93. The van der Waals surface area contributed by atoms with Crippen LogP contribution in [-0.4, -0.2) is 32.6 Å². The van der Waals surface area contributed by atoms with E-state index in [1.807, 2.05) is 43.3 Å². The first-order chi connectivity index (χ1) is 13.1. The molecule has 3 aromatic rings. The maximum Gasteiger partial charge on any atom is 0.368 e. The van der Waals surface area contributed by atoms with E-state index in [2.05, 4.69) is 15.6 Å². The summed E-state index contributed by atoms with van der Waals surface area (Å²) in [5.41, 5.74) is 3.22. The maximum absolute atomic E-state index is 12.1. The van der Waals surface area contributed by atoms with Crippen molar-refractivity contribution in [1.82, 2.24) is 19.8 Å². The van der Waals surface area contributed by atoms with Crippen LogP contribution in [0.25, 0.3) is 5.69 Å². The monoisotopic (exact) mass is 385 g/mol. The molecule has 0 aliphatic rings. The minimum atomic E-state index is -0.320. The Kier molecular flexibility index (Phi) is 6.03. The van der Waals surface area contributed by atoms with Gasteiger partial charge in [-0.25, -0.2) is 4.79 Å². The van der Waals surface area contributed by atoms with Crippen LogP contribution in [0, 0.1) is 6.92 Å². The number of rotatable bonds is 7. The van der Waals surface area contributed by atoms with E-state index in [0.29, 0.717) is 12.3 Å². The molecule has 0 aliphatic heterocycles. The summed E-state index contributed by atoms with van der Waals surface area (Å²) in [6, 6.07) is 13.4. The highest BCUT2D eigenvalue weighted by Gasteiger charge is 2.11. The Morgan fingerprint density at radius 1 is 1.19 bits per heavy atom. The van der Waals surface area contributed by atoms with Crippen LogP contribution in [-0.2, 0) is 18.3 Å². The molecule has 1 aromatic heterocycles. The van der Waals surface area contributed by atoms with Gasteiger partial charge in [0, 0.05) is 17.6 Å². The number of nitrogens with zero attached hydrogens (tertiary/aromatic N) is 5. The molecule has 27 heavy (non-hydrogen) atoms. The van der Waals surface area contributed by atoms with Gasteiger partial charge in [-0.15, -0.1) is 0 Å². The van der Waals surface area contributed by atoms with Gasteiger partial charge >= 0.3 is 5.69 Å². The quantitative estimate of drug-likeness (QED) is 0.356. The number of oxime groups is 1. The standard InChI is InChI=1S/C19H20ClN5O2/c1-14-5-3-7-18(25-19(26)24(2)22-23-25)17(14)13-21-27-12-4-6-15-8-10-16(20)11-9-15/h3,5,7-11,13H,4,6,12H2,1-2H3. The number of hydrogen-bond donors (Lipinski definition) is 0. The summed E-state index contributed by atoms with van der Waals surface area (Å²) in [4.78, 5) is 17.5. The van der Waals surface area contributed by atoms with Crippen molar-refractivity contribution in [3.05, 3.63) is 74.7 Å². The molecule has 0 radical (unpaired) electrons. The molecule has 0 spiro atoms. The number of aryl methyl sites for hydroxylation is 3. The van der Waals surface area contributed by atoms with E-state index in [1.54, 1.807) is 19.3 Å². The highest BCUT2D eigenvalue weighted by atomic mass is 35.5. The predicted molar refractivity (Wildman–Crippen MR) is 105 cm³/mol. The van der Waals surface area contributed by atoms with Gasteiger partial charge in [0.15, 0.2) is 0 Å². The summed E-state index contributed by atoms with van der Waals surface area (Å²) >= 11 is 5.88. The lowest BCUT2D eigenvalue weighted by Gasteiger charge is -2.07. The van der Waals surface area contributed by atoms with Gasteiger partial charge in [0.05, 0.1) is 11.9 Å². The van der Waals surface area contributed by atoms with E-state index in [1.165, 1.54) is 14.9 Å². The molecular formula is C19H20ClN5O2. The fourth-order valence-electron chi connectivity index (χ4n) is 2.62. The summed E-state index contributed by atoms with van der Waals surface area (Å²) in [6.07, 6.45) is 3.33. The van der Waals surface area contributed by atoms with Gasteiger partial charge < -0.3 is 4.84 Å². The molecule has 140 valence electrons. The largest absolute Gasteiger partial charge is 0.396 e. The van der Waals surface area contributed by atoms with Crippen LogP contribution in [0.4, 0.5) is 0 Å². The molecule has 0 fully saturated rings. The minimum absolute atomic E-state index is 0.320. The van der Waals surface area contributed by atoms with Crippen molar-refractivity contribution in [1.29, 1.82) is 0 Å². The number of hydrogen-bond acceptors (Lipinski definition) is 5. The highest BCUT2D eigenvalue weighted by molar-refractivity contribution is 6.30. The van der Waals surface area contributed by atoms with E-state index in [0.717, 1.165) is 29.0 Å². The van der Waals surface area contributed by atoms with Crippen LogP contribution in [0.2, 0.25) is 5.02 Å².